The smallest absolute Gasteiger partial charge is 0.249 e. The fraction of sp³-hybridized carbons (Fsp3) is 0.898. The molecule has 0 bridgehead atoms. The molecule has 0 aliphatic carbocycles. The molecule has 0 rings (SSSR count). The minimum atomic E-state index is -1.10. The first-order valence-electron chi connectivity index (χ1n) is 24.2. The van der Waals surface area contributed by atoms with Crippen LogP contribution >= 0.6 is 0 Å². The molecule has 0 saturated heterocycles. The molecule has 0 spiro atoms. The molecule has 0 aromatic heterocycles. The second-order valence-corrected chi connectivity index (χ2v) is 16.7. The molecule has 0 aromatic carbocycles. The summed E-state index contributed by atoms with van der Waals surface area (Å²) in [7, 11) is 0. The van der Waals surface area contributed by atoms with Crippen molar-refractivity contribution in [3.05, 3.63) is 24.3 Å². The van der Waals surface area contributed by atoms with Crippen molar-refractivity contribution in [3.63, 3.8) is 0 Å². The predicted octanol–water partition coefficient (Wildman–Crippen LogP) is 14.2. The summed E-state index contributed by atoms with van der Waals surface area (Å²) in [6.07, 6.45) is 55.1. The van der Waals surface area contributed by atoms with Gasteiger partial charge in [-0.25, -0.2) is 0 Å². The molecule has 54 heavy (non-hydrogen) atoms. The molecule has 0 aliphatic heterocycles. The molecule has 1 amide bonds. The van der Waals surface area contributed by atoms with Crippen molar-refractivity contribution in [2.24, 2.45) is 0 Å². The fourth-order valence-electron chi connectivity index (χ4n) is 7.50. The van der Waals surface area contributed by atoms with Crippen LogP contribution in [0.4, 0.5) is 0 Å². The van der Waals surface area contributed by atoms with E-state index in [1.165, 1.54) is 199 Å². The minimum Gasteiger partial charge on any atom is -0.394 e. The maximum atomic E-state index is 12.5. The Bertz CT molecular complexity index is 799. The van der Waals surface area contributed by atoms with E-state index in [2.05, 4.69) is 31.3 Å². The van der Waals surface area contributed by atoms with Crippen LogP contribution in [0, 0.1) is 0 Å². The summed E-state index contributed by atoms with van der Waals surface area (Å²) >= 11 is 0. The Morgan fingerprint density at radius 3 is 1.13 bits per heavy atom. The lowest BCUT2D eigenvalue weighted by Gasteiger charge is -2.21. The third kappa shape index (κ3) is 39.1. The molecular weight excluding hydrogens is 667 g/mol. The SMILES string of the molecule is CCCCCCCCCCCCCCC/C=C/CC/C=C/C(O)C(CO)NC(=O)C(O)CCCCCCCCCCCCCCCCCCCCCCC. The van der Waals surface area contributed by atoms with Crippen LogP contribution in [-0.2, 0) is 4.79 Å². The topological polar surface area (TPSA) is 89.8 Å². The molecule has 3 atom stereocenters. The molecule has 0 heterocycles. The van der Waals surface area contributed by atoms with Gasteiger partial charge in [0.2, 0.25) is 5.91 Å². The van der Waals surface area contributed by atoms with Crippen molar-refractivity contribution in [1.29, 1.82) is 0 Å². The molecule has 0 fully saturated rings. The van der Waals surface area contributed by atoms with Gasteiger partial charge in [-0.3, -0.25) is 4.79 Å². The van der Waals surface area contributed by atoms with Crippen LogP contribution < -0.4 is 5.32 Å². The Kier molecular flexibility index (Phi) is 43.6. The highest BCUT2D eigenvalue weighted by atomic mass is 16.3. The number of hydrogen-bond donors (Lipinski definition) is 4. The number of aliphatic hydroxyl groups is 3. The van der Waals surface area contributed by atoms with Gasteiger partial charge in [0.15, 0.2) is 0 Å². The number of rotatable bonds is 44. The zero-order valence-electron chi connectivity index (χ0n) is 36.4. The van der Waals surface area contributed by atoms with Crippen LogP contribution in [0.2, 0.25) is 0 Å². The summed E-state index contributed by atoms with van der Waals surface area (Å²) in [5.41, 5.74) is 0. The van der Waals surface area contributed by atoms with E-state index in [0.29, 0.717) is 6.42 Å². The molecule has 0 saturated carbocycles. The van der Waals surface area contributed by atoms with Crippen molar-refractivity contribution in [1.82, 2.24) is 5.32 Å². The van der Waals surface area contributed by atoms with Gasteiger partial charge in [-0.1, -0.05) is 250 Å². The zero-order valence-corrected chi connectivity index (χ0v) is 36.4. The summed E-state index contributed by atoms with van der Waals surface area (Å²) in [5, 5.41) is 33.2. The highest BCUT2D eigenvalue weighted by molar-refractivity contribution is 5.80. The molecule has 0 radical (unpaired) electrons. The number of aliphatic hydroxyl groups excluding tert-OH is 3. The van der Waals surface area contributed by atoms with Crippen LogP contribution in [0.1, 0.15) is 258 Å². The minimum absolute atomic E-state index is 0.373. The third-order valence-electron chi connectivity index (χ3n) is 11.3. The maximum absolute atomic E-state index is 12.5. The third-order valence-corrected chi connectivity index (χ3v) is 11.3. The van der Waals surface area contributed by atoms with Gasteiger partial charge in [-0.2, -0.15) is 0 Å². The average molecular weight is 762 g/mol. The molecular formula is C49H95NO4. The van der Waals surface area contributed by atoms with Crippen LogP contribution in [0.15, 0.2) is 24.3 Å². The monoisotopic (exact) mass is 762 g/mol. The lowest BCUT2D eigenvalue weighted by molar-refractivity contribution is -0.131. The van der Waals surface area contributed by atoms with E-state index in [-0.39, 0.29) is 6.61 Å². The van der Waals surface area contributed by atoms with E-state index >= 15 is 0 Å². The molecule has 5 heteroatoms. The van der Waals surface area contributed by atoms with Crippen molar-refractivity contribution in [3.8, 4) is 0 Å². The number of hydrogen-bond acceptors (Lipinski definition) is 4. The zero-order chi connectivity index (χ0) is 39.4. The van der Waals surface area contributed by atoms with Crippen molar-refractivity contribution >= 4 is 5.91 Å². The van der Waals surface area contributed by atoms with Crippen LogP contribution in [-0.4, -0.2) is 46.1 Å². The van der Waals surface area contributed by atoms with E-state index in [4.69, 9.17) is 0 Å². The van der Waals surface area contributed by atoms with Gasteiger partial charge in [-0.15, -0.1) is 0 Å². The van der Waals surface area contributed by atoms with Gasteiger partial charge in [0.25, 0.3) is 0 Å². The van der Waals surface area contributed by atoms with Crippen LogP contribution in [0.3, 0.4) is 0 Å². The largest absolute Gasteiger partial charge is 0.394 e. The number of amides is 1. The van der Waals surface area contributed by atoms with Crippen molar-refractivity contribution in [2.45, 2.75) is 276 Å². The van der Waals surface area contributed by atoms with Gasteiger partial charge in [0, 0.05) is 0 Å². The van der Waals surface area contributed by atoms with Gasteiger partial charge in [-0.05, 0) is 32.1 Å². The Morgan fingerprint density at radius 2 is 0.759 bits per heavy atom. The second-order valence-electron chi connectivity index (χ2n) is 16.7. The van der Waals surface area contributed by atoms with Gasteiger partial charge in [0.05, 0.1) is 18.8 Å². The Morgan fingerprint density at radius 1 is 0.444 bits per heavy atom. The summed E-state index contributed by atoms with van der Waals surface area (Å²) in [4.78, 5) is 12.5. The summed E-state index contributed by atoms with van der Waals surface area (Å²) in [5.74, 6) is -0.509. The lowest BCUT2D eigenvalue weighted by atomic mass is 10.0. The molecule has 320 valence electrons. The van der Waals surface area contributed by atoms with Gasteiger partial charge < -0.3 is 20.6 Å². The predicted molar refractivity (Wildman–Crippen MR) is 236 cm³/mol. The first-order valence-corrected chi connectivity index (χ1v) is 24.2. The van der Waals surface area contributed by atoms with Crippen LogP contribution in [0.25, 0.3) is 0 Å². The van der Waals surface area contributed by atoms with E-state index in [0.717, 1.165) is 38.5 Å². The number of carbonyl (C=O) groups is 1. The van der Waals surface area contributed by atoms with Gasteiger partial charge in [0.1, 0.15) is 6.10 Å². The van der Waals surface area contributed by atoms with E-state index in [9.17, 15) is 20.1 Å². The molecule has 0 aromatic rings. The molecule has 5 nitrogen and oxygen atoms in total. The van der Waals surface area contributed by atoms with E-state index in [1.807, 2.05) is 6.08 Å². The summed E-state index contributed by atoms with van der Waals surface area (Å²) < 4.78 is 0. The number of allylic oxidation sites excluding steroid dienone is 3. The maximum Gasteiger partial charge on any atom is 0.249 e. The Labute approximate surface area is 337 Å². The van der Waals surface area contributed by atoms with Crippen LogP contribution in [0.5, 0.6) is 0 Å². The highest BCUT2D eigenvalue weighted by Gasteiger charge is 2.22. The highest BCUT2D eigenvalue weighted by Crippen LogP contribution is 2.16. The van der Waals surface area contributed by atoms with Crippen molar-refractivity contribution in [2.75, 3.05) is 6.61 Å². The normalized spacial score (nSPS) is 13.6. The standard InChI is InChI=1S/C49H95NO4/c1-3-5-7-9-11-13-15-17-19-21-23-24-26-28-30-32-34-36-38-40-42-44-48(53)49(54)50-46(45-51)47(52)43-41-39-37-35-33-31-29-27-25-22-20-18-16-14-12-10-8-6-4-2/h33,35,41,43,46-48,51-53H,3-32,34,36-40,42,44-45H2,1-2H3,(H,50,54)/b35-33+,43-41+. The lowest BCUT2D eigenvalue weighted by Crippen LogP contribution is -2.48. The first-order chi connectivity index (χ1) is 26.6. The Hall–Kier alpha value is -1.17. The van der Waals surface area contributed by atoms with Crippen molar-refractivity contribution < 1.29 is 20.1 Å². The molecule has 4 N–H and O–H groups in total. The second kappa shape index (κ2) is 44.5. The number of nitrogens with one attached hydrogen (secondary N) is 1. The summed E-state index contributed by atoms with van der Waals surface area (Å²) in [6.45, 7) is 4.19. The quantitative estimate of drug-likeness (QED) is 0.0368. The number of carbonyl (C=O) groups excluding carboxylic acids is 1. The molecule has 3 unspecified atom stereocenters. The van der Waals surface area contributed by atoms with E-state index in [1.54, 1.807) is 6.08 Å². The van der Waals surface area contributed by atoms with E-state index < -0.39 is 24.2 Å². The first kappa shape index (κ1) is 52.8. The Balaban J connectivity index is 3.65. The molecule has 0 aliphatic rings. The number of unbranched alkanes of at least 4 members (excludes halogenated alkanes) is 34. The van der Waals surface area contributed by atoms with Gasteiger partial charge >= 0.3 is 0 Å². The summed E-state index contributed by atoms with van der Waals surface area (Å²) in [6, 6.07) is -0.811. The fourth-order valence-corrected chi connectivity index (χ4v) is 7.50. The average Bonchev–Trinajstić information content (AvgIpc) is 3.18.